The molecule has 3 unspecified atom stereocenters. The first-order chi connectivity index (χ1) is 49.9. The highest BCUT2D eigenvalue weighted by atomic mass is 35.5. The number of aryl methyl sites for hydroxylation is 6. The van der Waals surface area contributed by atoms with Gasteiger partial charge in [0.2, 0.25) is 23.0 Å². The minimum Gasteiger partial charge on any atom is -0.444 e. The molecule has 9 aromatic rings. The van der Waals surface area contributed by atoms with Crippen LogP contribution in [-0.4, -0.2) is 120 Å². The molecule has 3 aromatic carbocycles. The second-order valence-corrected chi connectivity index (χ2v) is 29.4. The SMILES string of the molecule is C.C.C.CC(C(N)=O)c1ccccc1CCc1nc(Cc2cnn(C3CCCCC3)c2)ncc1Cl.CC(C(N)=O)c1ccccc1CCc1nc(Cc2cnn(C3CCNCC3)c2)ncc1Cl.CC(C(N)=O)c1ccccc1CCc1nc(Cl)ncc1Cl.CC(C)(C)OC(=O)N1CCC(n2cc(N)cn2)CC1. The van der Waals surface area contributed by atoms with Crippen molar-refractivity contribution in [1.82, 2.24) is 69.5 Å². The van der Waals surface area contributed by atoms with Crippen LogP contribution in [0.25, 0.3) is 0 Å². The molecular formula is C80H108Cl4N18O5. The number of ether oxygens (including phenoxy) is 1. The molecule has 23 nitrogen and oxygen atoms in total. The third kappa shape index (κ3) is 25.9. The van der Waals surface area contributed by atoms with Gasteiger partial charge in [0.25, 0.3) is 0 Å². The van der Waals surface area contributed by atoms with Gasteiger partial charge in [-0.25, -0.2) is 34.7 Å². The van der Waals surface area contributed by atoms with Crippen molar-refractivity contribution in [2.75, 3.05) is 31.9 Å². The zero-order chi connectivity index (χ0) is 74.5. The van der Waals surface area contributed by atoms with Crippen molar-refractivity contribution in [3.05, 3.63) is 222 Å². The van der Waals surface area contributed by atoms with E-state index < -0.39 is 5.60 Å². The standard InChI is InChI=1S/C25H30ClN5O.C24H29ClN6O.C15H15Cl2N3O.C13H22N4O2.3CH4/c1-17(25(27)32)21-10-6-5-7-19(21)11-12-23-22(26)15-28-24(30-23)13-18-14-29-31(16-18)20-8-3-2-4-9-20;1-16(24(26)32)20-5-3-2-4-18(20)6-7-22-21(25)14-28-23(30-22)12-17-13-29-31(15-17)19-8-10-27-11-9-19;1-9(14(18)21)11-5-3-2-4-10(11)6-7-13-12(16)8-19-15(17)20-13;1-13(2,3)19-12(18)16-6-4-11(5-7-16)17-9-10(14)8-15-17;;;/h5-7,10,14-17,20H,2-4,8-9,11-13H2,1H3,(H2,27,32);2-5,13-16,19,27H,6-12H2,1H3,(H2,26,32);2-5,8-9H,6-7H2,1H3,(H2,18,21);8-9,11H,4-7,14H2,1-3H3;3*1H4. The minimum absolute atomic E-state index is 0. The first kappa shape index (κ1) is 87.0. The summed E-state index contributed by atoms with van der Waals surface area (Å²) in [6.45, 7) is 14.6. The Balaban J connectivity index is 0.000000227. The Labute approximate surface area is 651 Å². The lowest BCUT2D eigenvalue weighted by molar-refractivity contribution is -0.119. The molecule has 3 aliphatic rings. The lowest BCUT2D eigenvalue weighted by atomic mass is 9.92. The van der Waals surface area contributed by atoms with Crippen molar-refractivity contribution in [3.63, 3.8) is 0 Å². The largest absolute Gasteiger partial charge is 0.444 e. The van der Waals surface area contributed by atoms with Gasteiger partial charge in [-0.15, -0.1) is 0 Å². The quantitative estimate of drug-likeness (QED) is 0.0394. The molecule has 12 rings (SSSR count). The van der Waals surface area contributed by atoms with Crippen molar-refractivity contribution in [2.24, 2.45) is 17.2 Å². The van der Waals surface area contributed by atoms with Crippen LogP contribution in [0.3, 0.4) is 0 Å². The summed E-state index contributed by atoms with van der Waals surface area (Å²) in [5, 5.41) is 18.5. The summed E-state index contributed by atoms with van der Waals surface area (Å²) in [7, 11) is 0. The van der Waals surface area contributed by atoms with Gasteiger partial charge in [0.15, 0.2) is 0 Å². The average molecular weight is 1540 g/mol. The first-order valence-electron chi connectivity index (χ1n) is 35.7. The highest BCUT2D eigenvalue weighted by Gasteiger charge is 2.29. The number of rotatable bonds is 22. The van der Waals surface area contributed by atoms with E-state index in [-0.39, 0.29) is 69.1 Å². The number of anilines is 1. The molecule has 3 fully saturated rings. The fourth-order valence-electron chi connectivity index (χ4n) is 13.0. The van der Waals surface area contributed by atoms with Crippen LogP contribution in [0.15, 0.2) is 129 Å². The van der Waals surface area contributed by atoms with Gasteiger partial charge in [0.05, 0.1) is 98.5 Å². The number of primary amides is 3. The Hall–Kier alpha value is -8.87. The number of nitrogen functional groups attached to an aromatic ring is 1. The molecule has 0 bridgehead atoms. The summed E-state index contributed by atoms with van der Waals surface area (Å²) in [4.78, 5) is 74.7. The fraction of sp³-hybridized carbons (Fsp3) is 0.463. The van der Waals surface area contributed by atoms with Gasteiger partial charge in [-0.2, -0.15) is 15.3 Å². The molecule has 2 saturated heterocycles. The van der Waals surface area contributed by atoms with Gasteiger partial charge in [0.1, 0.15) is 17.2 Å². The molecule has 107 heavy (non-hydrogen) atoms. The Morgan fingerprint density at radius 3 is 1.27 bits per heavy atom. The van der Waals surface area contributed by atoms with Crippen LogP contribution in [0.5, 0.6) is 0 Å². The third-order valence-electron chi connectivity index (χ3n) is 19.0. The number of benzene rings is 3. The number of hydrogen-bond donors (Lipinski definition) is 5. The zero-order valence-electron chi connectivity index (χ0n) is 60.1. The van der Waals surface area contributed by atoms with E-state index in [1.165, 1.54) is 38.3 Å². The van der Waals surface area contributed by atoms with Gasteiger partial charge < -0.3 is 37.9 Å². The Kier molecular flexibility index (Phi) is 34.2. The summed E-state index contributed by atoms with van der Waals surface area (Å²) in [6.07, 6.45) is 31.8. The number of nitrogens with zero attached hydrogens (tertiary/aromatic N) is 13. The molecule has 1 saturated carbocycles. The monoisotopic (exact) mass is 1540 g/mol. The Bertz CT molecular complexity index is 4140. The maximum absolute atomic E-state index is 11.9. The van der Waals surface area contributed by atoms with Gasteiger partial charge in [-0.05, 0) is 188 Å². The van der Waals surface area contributed by atoms with E-state index >= 15 is 0 Å². The van der Waals surface area contributed by atoms with Crippen molar-refractivity contribution in [2.45, 2.75) is 214 Å². The molecule has 9 N–H and O–H groups in total. The van der Waals surface area contributed by atoms with E-state index in [0.717, 1.165) is 119 Å². The highest BCUT2D eigenvalue weighted by molar-refractivity contribution is 6.32. The van der Waals surface area contributed by atoms with Gasteiger partial charge in [0, 0.05) is 56.9 Å². The molecule has 576 valence electrons. The minimum atomic E-state index is -0.440. The number of nitrogens with one attached hydrogen (secondary N) is 1. The van der Waals surface area contributed by atoms with Crippen LogP contribution in [0.1, 0.15) is 231 Å². The van der Waals surface area contributed by atoms with Crippen LogP contribution in [-0.2, 0) is 70.5 Å². The molecular weight excluding hydrogens is 1430 g/mol. The number of likely N-dealkylation sites (tertiary alicyclic amines) is 1. The van der Waals surface area contributed by atoms with E-state index in [1.807, 2.05) is 131 Å². The number of piperidine rings is 2. The van der Waals surface area contributed by atoms with Crippen LogP contribution in [0.4, 0.5) is 10.5 Å². The second kappa shape index (κ2) is 42.0. The second-order valence-electron chi connectivity index (χ2n) is 27.8. The summed E-state index contributed by atoms with van der Waals surface area (Å²) in [5.74, 6) is -0.517. The van der Waals surface area contributed by atoms with Crippen LogP contribution in [0, 0.1) is 0 Å². The topological polar surface area (TPSA) is 328 Å². The molecule has 0 radical (unpaired) electrons. The van der Waals surface area contributed by atoms with Crippen molar-refractivity contribution >= 4 is 75.9 Å². The average Bonchev–Trinajstić information content (AvgIpc) is 1.79. The molecule has 8 heterocycles. The van der Waals surface area contributed by atoms with Crippen LogP contribution in [0.2, 0.25) is 20.4 Å². The normalized spacial score (nSPS) is 14.8. The van der Waals surface area contributed by atoms with E-state index in [1.54, 1.807) is 30.4 Å². The van der Waals surface area contributed by atoms with E-state index in [2.05, 4.69) is 62.3 Å². The van der Waals surface area contributed by atoms with Crippen LogP contribution < -0.4 is 28.3 Å². The molecule has 4 amide bonds. The third-order valence-corrected chi connectivity index (χ3v) is 20.2. The van der Waals surface area contributed by atoms with Gasteiger partial charge >= 0.3 is 6.09 Å². The highest BCUT2D eigenvalue weighted by Crippen LogP contribution is 2.31. The zero-order valence-corrected chi connectivity index (χ0v) is 63.1. The number of carbonyl (C=O) groups is 4. The summed E-state index contributed by atoms with van der Waals surface area (Å²) in [6, 6.07) is 24.8. The predicted molar refractivity (Wildman–Crippen MR) is 427 cm³/mol. The smallest absolute Gasteiger partial charge is 0.410 e. The van der Waals surface area contributed by atoms with Crippen molar-refractivity contribution in [1.29, 1.82) is 0 Å². The molecule has 27 heteroatoms. The van der Waals surface area contributed by atoms with E-state index in [9.17, 15) is 19.2 Å². The van der Waals surface area contributed by atoms with E-state index in [4.69, 9.17) is 84.0 Å². The lowest BCUT2D eigenvalue weighted by Gasteiger charge is -2.33. The maximum Gasteiger partial charge on any atom is 0.410 e. The van der Waals surface area contributed by atoms with E-state index in [0.29, 0.717) is 96.2 Å². The summed E-state index contributed by atoms with van der Waals surface area (Å²) < 4.78 is 11.4. The molecule has 1 aliphatic carbocycles. The lowest BCUT2D eigenvalue weighted by Crippen LogP contribution is -2.42. The van der Waals surface area contributed by atoms with Crippen molar-refractivity contribution in [3.8, 4) is 0 Å². The number of nitrogens with two attached hydrogens (primary N) is 4. The molecule has 0 spiro atoms. The Morgan fingerprint density at radius 1 is 0.495 bits per heavy atom. The predicted octanol–water partition coefficient (Wildman–Crippen LogP) is 15.1. The molecule has 3 atom stereocenters. The van der Waals surface area contributed by atoms with Crippen LogP contribution >= 0.6 is 46.4 Å². The first-order valence-corrected chi connectivity index (χ1v) is 37.2. The summed E-state index contributed by atoms with van der Waals surface area (Å²) in [5.41, 5.74) is 32.9. The maximum atomic E-state index is 11.9. The summed E-state index contributed by atoms with van der Waals surface area (Å²) >= 11 is 24.6. The number of carbonyl (C=O) groups excluding carboxylic acids is 4. The number of amides is 4. The van der Waals surface area contributed by atoms with Crippen molar-refractivity contribution < 1.29 is 23.9 Å². The van der Waals surface area contributed by atoms with Gasteiger partial charge in [-0.1, -0.05) is 149 Å². The number of halogens is 4. The number of aromatic nitrogens is 12. The molecule has 6 aromatic heterocycles. The molecule has 2 aliphatic heterocycles. The van der Waals surface area contributed by atoms with Gasteiger partial charge in [-0.3, -0.25) is 28.4 Å². The Morgan fingerprint density at radius 2 is 0.869 bits per heavy atom. The number of hydrogen-bond acceptors (Lipinski definition) is 16. The fourth-order valence-corrected chi connectivity index (χ4v) is 13.8.